The second kappa shape index (κ2) is 12.2. The van der Waals surface area contributed by atoms with Crippen LogP contribution < -0.4 is 4.90 Å². The first-order valence-corrected chi connectivity index (χ1v) is 17.5. The number of benzene rings is 8. The van der Waals surface area contributed by atoms with Gasteiger partial charge in [0, 0.05) is 42.3 Å². The number of hydrogen-bond donors (Lipinski definition) is 0. The third kappa shape index (κ3) is 5.01. The van der Waals surface area contributed by atoms with Crippen molar-refractivity contribution >= 4 is 70.5 Å². The molecular weight excluding hydrogens is 639 g/mol. The zero-order valence-electron chi connectivity index (χ0n) is 34.1. The molecule has 0 radical (unpaired) electrons. The van der Waals surface area contributed by atoms with Crippen molar-refractivity contribution in [1.29, 1.82) is 0 Å². The Morgan fingerprint density at radius 1 is 0.471 bits per heavy atom. The Labute approximate surface area is 309 Å². The highest BCUT2D eigenvalue weighted by atomic mass is 32.1. The molecule has 0 aliphatic rings. The van der Waals surface area contributed by atoms with E-state index in [-0.39, 0.29) is 47.0 Å². The Kier molecular flexibility index (Phi) is 5.50. The van der Waals surface area contributed by atoms with E-state index >= 15 is 0 Å². The minimum Gasteiger partial charge on any atom is -0.454 e. The first kappa shape index (κ1) is 23.1. The van der Waals surface area contributed by atoms with Gasteiger partial charge in [-0.2, -0.15) is 0 Å². The maximum Gasteiger partial charge on any atom is 0.160 e. The molecule has 51 heavy (non-hydrogen) atoms. The van der Waals surface area contributed by atoms with Gasteiger partial charge < -0.3 is 9.32 Å². The van der Waals surface area contributed by atoms with Crippen molar-refractivity contribution in [2.45, 2.75) is 0 Å². The molecule has 0 aliphatic carbocycles. The molecule has 0 spiro atoms. The van der Waals surface area contributed by atoms with Crippen LogP contribution in [0.2, 0.25) is 0 Å². The van der Waals surface area contributed by atoms with Gasteiger partial charge in [0.15, 0.2) is 5.58 Å². The number of para-hydroxylation sites is 1. The summed E-state index contributed by atoms with van der Waals surface area (Å²) in [5, 5.41) is 2.48. The number of thiophene rings is 1. The van der Waals surface area contributed by atoms with E-state index in [0.29, 0.717) is 20.5 Å². The number of hydrogen-bond acceptors (Lipinski definition) is 3. The highest BCUT2D eigenvalue weighted by Gasteiger charge is 2.22. The zero-order chi connectivity index (χ0) is 39.8. The highest BCUT2D eigenvalue weighted by Crippen LogP contribution is 2.47. The summed E-state index contributed by atoms with van der Waals surface area (Å²) in [6.07, 6.45) is 0. The molecule has 8 aromatic carbocycles. The van der Waals surface area contributed by atoms with Crippen LogP contribution in [-0.2, 0) is 0 Å². The van der Waals surface area contributed by atoms with Crippen LogP contribution in [0.25, 0.3) is 75.5 Å². The van der Waals surface area contributed by atoms with Crippen LogP contribution in [0.15, 0.2) is 192 Å². The lowest BCUT2D eigenvalue weighted by Crippen LogP contribution is -2.10. The Morgan fingerprint density at radius 3 is 1.84 bits per heavy atom. The lowest BCUT2D eigenvalue weighted by atomic mass is 9.98. The molecule has 3 heteroatoms. The molecule has 10 rings (SSSR count). The van der Waals surface area contributed by atoms with Gasteiger partial charge in [0.2, 0.25) is 0 Å². The molecule has 0 unspecified atom stereocenters. The lowest BCUT2D eigenvalue weighted by Gasteiger charge is -2.26. The van der Waals surface area contributed by atoms with Crippen molar-refractivity contribution in [3.8, 4) is 33.4 Å². The maximum absolute atomic E-state index is 9.06. The second-order valence-electron chi connectivity index (χ2n) is 12.4. The number of fused-ring (bicyclic) bond motifs is 6. The van der Waals surface area contributed by atoms with Crippen molar-refractivity contribution < 1.29 is 14.0 Å². The van der Waals surface area contributed by atoms with E-state index in [2.05, 4.69) is 71.6 Å². The van der Waals surface area contributed by atoms with Crippen LogP contribution in [-0.4, -0.2) is 0 Å². The molecule has 2 nitrogen and oxygen atoms in total. The number of rotatable bonds is 6. The van der Waals surface area contributed by atoms with Crippen LogP contribution >= 0.6 is 11.3 Å². The molecule has 2 heterocycles. The third-order valence-corrected chi connectivity index (χ3v) is 10.5. The standard InChI is InChI=1S/C48H31NOS/c1-3-12-32(13-4-1)33-22-26-36(27-23-33)49(37-28-24-35(25-29-37)39-18-11-19-41-40-16-8-10-21-45(40)51-48(39)41)43-31-30-38(34-14-5-2-6-15-34)46-42-17-7-9-20-44(42)50-47(43)46/h1-31H/i8D,10D,11D,16D,18D,19D,21D. The highest BCUT2D eigenvalue weighted by molar-refractivity contribution is 7.26. The van der Waals surface area contributed by atoms with Crippen molar-refractivity contribution in [2.24, 2.45) is 0 Å². The van der Waals surface area contributed by atoms with Crippen molar-refractivity contribution in [2.75, 3.05) is 4.90 Å². The van der Waals surface area contributed by atoms with Gasteiger partial charge in [0.1, 0.15) is 5.58 Å². The molecular formula is C48H31NOS. The number of furan rings is 1. The van der Waals surface area contributed by atoms with Crippen LogP contribution in [0.3, 0.4) is 0 Å². The van der Waals surface area contributed by atoms with E-state index in [1.54, 1.807) is 0 Å². The van der Waals surface area contributed by atoms with Gasteiger partial charge >= 0.3 is 0 Å². The Bertz CT molecular complexity index is 3240. The smallest absolute Gasteiger partial charge is 0.160 e. The van der Waals surface area contributed by atoms with Gasteiger partial charge in [0.25, 0.3) is 0 Å². The molecule has 0 aliphatic heterocycles. The predicted octanol–water partition coefficient (Wildman–Crippen LogP) is 14.4. The van der Waals surface area contributed by atoms with Crippen LogP contribution in [0.1, 0.15) is 9.60 Å². The summed E-state index contributed by atoms with van der Waals surface area (Å²) in [6, 6.07) is 47.1. The zero-order valence-corrected chi connectivity index (χ0v) is 27.9. The van der Waals surface area contributed by atoms with Crippen molar-refractivity contribution in [3.63, 3.8) is 0 Å². The van der Waals surface area contributed by atoms with Crippen LogP contribution in [0.4, 0.5) is 17.1 Å². The Morgan fingerprint density at radius 2 is 1.08 bits per heavy atom. The summed E-state index contributed by atoms with van der Waals surface area (Å²) in [4.78, 5) is 2.15. The van der Waals surface area contributed by atoms with Crippen LogP contribution in [0, 0.1) is 0 Å². The summed E-state index contributed by atoms with van der Waals surface area (Å²) in [5.41, 5.74) is 9.39. The summed E-state index contributed by atoms with van der Waals surface area (Å²) >= 11 is 1.13. The molecule has 2 aromatic heterocycles. The fourth-order valence-corrected chi connectivity index (χ4v) is 8.11. The fraction of sp³-hybridized carbons (Fsp3) is 0. The Balaban J connectivity index is 1.19. The van der Waals surface area contributed by atoms with E-state index in [0.717, 1.165) is 72.6 Å². The monoisotopic (exact) mass is 676 g/mol. The molecule has 240 valence electrons. The van der Waals surface area contributed by atoms with Gasteiger partial charge in [-0.1, -0.05) is 145 Å². The minimum atomic E-state index is -0.392. The van der Waals surface area contributed by atoms with E-state index in [9.17, 15) is 0 Å². The molecule has 10 aromatic rings. The van der Waals surface area contributed by atoms with Crippen molar-refractivity contribution in [3.05, 3.63) is 188 Å². The van der Waals surface area contributed by atoms with E-state index in [1.165, 1.54) is 0 Å². The molecule has 0 bridgehead atoms. The Hall–Kier alpha value is -6.42. The lowest BCUT2D eigenvalue weighted by molar-refractivity contribution is 0.669. The van der Waals surface area contributed by atoms with Crippen molar-refractivity contribution in [1.82, 2.24) is 0 Å². The average molecular weight is 677 g/mol. The summed E-state index contributed by atoms with van der Waals surface area (Å²) in [6.45, 7) is 0. The largest absolute Gasteiger partial charge is 0.454 e. The van der Waals surface area contributed by atoms with E-state index in [4.69, 9.17) is 14.0 Å². The van der Waals surface area contributed by atoms with E-state index in [1.807, 2.05) is 78.9 Å². The van der Waals surface area contributed by atoms with E-state index < -0.39 is 6.04 Å². The molecule has 0 fully saturated rings. The normalized spacial score (nSPS) is 13.5. The average Bonchev–Trinajstić information content (AvgIpc) is 3.86. The maximum atomic E-state index is 9.06. The third-order valence-electron chi connectivity index (χ3n) is 9.41. The van der Waals surface area contributed by atoms with Gasteiger partial charge in [-0.25, -0.2) is 0 Å². The fourth-order valence-electron chi connectivity index (χ4n) is 7.02. The quantitative estimate of drug-likeness (QED) is 0.174. The summed E-state index contributed by atoms with van der Waals surface area (Å²) < 4.78 is 68.1. The molecule has 0 atom stereocenters. The number of anilines is 3. The summed E-state index contributed by atoms with van der Waals surface area (Å²) in [7, 11) is 0. The van der Waals surface area contributed by atoms with Gasteiger partial charge in [-0.05, 0) is 75.8 Å². The van der Waals surface area contributed by atoms with Gasteiger partial charge in [0.05, 0.1) is 15.3 Å². The topological polar surface area (TPSA) is 16.4 Å². The van der Waals surface area contributed by atoms with Gasteiger partial charge in [-0.15, -0.1) is 11.3 Å². The molecule has 0 N–H and O–H groups in total. The van der Waals surface area contributed by atoms with Gasteiger partial charge in [-0.3, -0.25) is 0 Å². The molecule has 0 amide bonds. The summed E-state index contributed by atoms with van der Waals surface area (Å²) in [5.74, 6) is 0. The molecule has 0 saturated carbocycles. The second-order valence-corrected chi connectivity index (χ2v) is 13.4. The first-order chi connectivity index (χ1) is 28.2. The number of nitrogens with zero attached hydrogens (tertiary/aromatic N) is 1. The first-order valence-electron chi connectivity index (χ1n) is 20.2. The molecule has 0 saturated heterocycles. The predicted molar refractivity (Wildman–Crippen MR) is 218 cm³/mol. The minimum absolute atomic E-state index is 0.138. The van der Waals surface area contributed by atoms with Crippen LogP contribution in [0.5, 0.6) is 0 Å². The SMILES string of the molecule is [2H]c1c([2H])c([2H])c2c(sc3c(-c4ccc(N(c5ccc(-c6ccccc6)cc5)c5ccc(-c6ccccc6)c6c5oc5ccccc56)cc4)c([2H])c([2H])c([2H])c32)c1[2H].